The van der Waals surface area contributed by atoms with Crippen LogP contribution in [0.3, 0.4) is 0 Å². The molecule has 188 valence electrons. The monoisotopic (exact) mass is 477 g/mol. The van der Waals surface area contributed by atoms with Crippen LogP contribution in [-0.2, 0) is 23.3 Å². The fourth-order valence-corrected chi connectivity index (χ4v) is 4.45. The van der Waals surface area contributed by atoms with Crippen molar-refractivity contribution in [3.8, 4) is 5.75 Å². The van der Waals surface area contributed by atoms with Crippen molar-refractivity contribution >= 4 is 22.6 Å². The highest BCUT2D eigenvalue weighted by Gasteiger charge is 2.18. The van der Waals surface area contributed by atoms with Gasteiger partial charge in [-0.3, -0.25) is 9.69 Å². The summed E-state index contributed by atoms with van der Waals surface area (Å²) in [4.78, 5) is 22.3. The standard InChI is InChI=1S/C28H39N5O2/c1-6-13-33-25-12-9-22(18-24(25)30-26(33)19-32-16-14-31(5)15-17-32)29-27(34)20-35-23-10-7-21(8-11-23)28(2,3)4/h7-12,18H,6,13-17,19-20H2,1-5H3,(H,29,34). The van der Waals surface area contributed by atoms with Crippen LogP contribution >= 0.6 is 0 Å². The number of nitrogens with zero attached hydrogens (tertiary/aromatic N) is 4. The Morgan fingerprint density at radius 2 is 1.77 bits per heavy atom. The lowest BCUT2D eigenvalue weighted by Crippen LogP contribution is -2.44. The normalized spacial score (nSPS) is 15.5. The maximum absolute atomic E-state index is 12.5. The minimum Gasteiger partial charge on any atom is -0.484 e. The molecule has 1 fully saturated rings. The minimum atomic E-state index is -0.185. The van der Waals surface area contributed by atoms with Crippen molar-refractivity contribution in [2.24, 2.45) is 0 Å². The molecule has 3 aromatic rings. The number of hydrogen-bond donors (Lipinski definition) is 1. The molecule has 7 nitrogen and oxygen atoms in total. The lowest BCUT2D eigenvalue weighted by molar-refractivity contribution is -0.118. The number of aryl methyl sites for hydroxylation is 1. The maximum atomic E-state index is 12.5. The molecule has 0 bridgehead atoms. The van der Waals surface area contributed by atoms with E-state index in [2.05, 4.69) is 60.5 Å². The Morgan fingerprint density at radius 1 is 1.06 bits per heavy atom. The zero-order valence-electron chi connectivity index (χ0n) is 21.8. The molecule has 1 aliphatic heterocycles. The Bertz CT molecular complexity index is 1140. The van der Waals surface area contributed by atoms with Crippen molar-refractivity contribution in [3.63, 3.8) is 0 Å². The Balaban J connectivity index is 1.40. The van der Waals surface area contributed by atoms with Crippen molar-refractivity contribution in [2.45, 2.75) is 52.6 Å². The molecule has 2 heterocycles. The number of likely N-dealkylation sites (N-methyl/N-ethyl adjacent to an activating group) is 1. The molecule has 0 saturated carbocycles. The molecule has 1 amide bonds. The highest BCUT2D eigenvalue weighted by atomic mass is 16.5. The van der Waals surface area contributed by atoms with Gasteiger partial charge in [0.15, 0.2) is 6.61 Å². The van der Waals surface area contributed by atoms with Gasteiger partial charge in [0, 0.05) is 38.4 Å². The molecule has 0 unspecified atom stereocenters. The molecule has 0 radical (unpaired) electrons. The average Bonchev–Trinajstić information content (AvgIpc) is 3.15. The number of hydrogen-bond acceptors (Lipinski definition) is 5. The second kappa shape index (κ2) is 10.8. The van der Waals surface area contributed by atoms with E-state index in [1.165, 1.54) is 5.56 Å². The number of carbonyl (C=O) groups is 1. The molecule has 4 rings (SSSR count). The van der Waals surface area contributed by atoms with Gasteiger partial charge in [-0.05, 0) is 54.8 Å². The van der Waals surface area contributed by atoms with Gasteiger partial charge in [0.25, 0.3) is 5.91 Å². The number of rotatable bonds is 8. The number of ether oxygens (including phenoxy) is 1. The number of imidazole rings is 1. The first-order valence-corrected chi connectivity index (χ1v) is 12.7. The topological polar surface area (TPSA) is 62.6 Å². The van der Waals surface area contributed by atoms with Crippen molar-refractivity contribution in [2.75, 3.05) is 45.2 Å². The first-order valence-electron chi connectivity index (χ1n) is 12.7. The van der Waals surface area contributed by atoms with Crippen molar-refractivity contribution in [1.29, 1.82) is 0 Å². The van der Waals surface area contributed by atoms with Gasteiger partial charge in [0.1, 0.15) is 11.6 Å². The highest BCUT2D eigenvalue weighted by Crippen LogP contribution is 2.25. The fraction of sp³-hybridized carbons (Fsp3) is 0.500. The Morgan fingerprint density at radius 3 is 2.43 bits per heavy atom. The predicted molar refractivity (Wildman–Crippen MR) is 142 cm³/mol. The molecule has 0 spiro atoms. The summed E-state index contributed by atoms with van der Waals surface area (Å²) in [7, 11) is 2.17. The maximum Gasteiger partial charge on any atom is 0.262 e. The summed E-state index contributed by atoms with van der Waals surface area (Å²) in [6.07, 6.45) is 1.05. The number of amides is 1. The molecule has 1 N–H and O–H groups in total. The minimum absolute atomic E-state index is 0.0359. The lowest BCUT2D eigenvalue weighted by atomic mass is 9.87. The van der Waals surface area contributed by atoms with Gasteiger partial charge in [0.05, 0.1) is 17.6 Å². The van der Waals surface area contributed by atoms with E-state index in [0.29, 0.717) is 5.75 Å². The number of benzene rings is 2. The van der Waals surface area contributed by atoms with Crippen LogP contribution in [0.2, 0.25) is 0 Å². The van der Waals surface area contributed by atoms with Crippen molar-refractivity contribution < 1.29 is 9.53 Å². The van der Waals surface area contributed by atoms with E-state index < -0.39 is 0 Å². The van der Waals surface area contributed by atoms with E-state index in [1.54, 1.807) is 0 Å². The Kier molecular flexibility index (Phi) is 7.77. The third-order valence-corrected chi connectivity index (χ3v) is 6.61. The number of aromatic nitrogens is 2. The second-order valence-corrected chi connectivity index (χ2v) is 10.6. The van der Waals surface area contributed by atoms with Crippen LogP contribution in [0.4, 0.5) is 5.69 Å². The summed E-state index contributed by atoms with van der Waals surface area (Å²) in [5.74, 6) is 1.60. The van der Waals surface area contributed by atoms with Crippen LogP contribution in [0, 0.1) is 0 Å². The fourth-order valence-electron chi connectivity index (χ4n) is 4.45. The molecule has 1 aliphatic rings. The molecule has 0 atom stereocenters. The van der Waals surface area contributed by atoms with Crippen LogP contribution in [-0.4, -0.2) is 65.1 Å². The molecule has 35 heavy (non-hydrogen) atoms. The summed E-state index contributed by atoms with van der Waals surface area (Å²) in [5.41, 5.74) is 4.09. The van der Waals surface area contributed by atoms with E-state index in [9.17, 15) is 4.79 Å². The Labute approximate surface area is 209 Å². The van der Waals surface area contributed by atoms with Gasteiger partial charge in [-0.2, -0.15) is 0 Å². The van der Waals surface area contributed by atoms with E-state index in [-0.39, 0.29) is 17.9 Å². The summed E-state index contributed by atoms with van der Waals surface area (Å²) in [6, 6.07) is 13.9. The smallest absolute Gasteiger partial charge is 0.262 e. The molecule has 2 aromatic carbocycles. The molecule has 0 aliphatic carbocycles. The number of anilines is 1. The van der Waals surface area contributed by atoms with Crippen molar-refractivity contribution in [3.05, 3.63) is 53.9 Å². The van der Waals surface area contributed by atoms with E-state index >= 15 is 0 Å². The second-order valence-electron chi connectivity index (χ2n) is 10.6. The first kappa shape index (κ1) is 25.2. The number of carbonyl (C=O) groups excluding carboxylic acids is 1. The average molecular weight is 478 g/mol. The van der Waals surface area contributed by atoms with Gasteiger partial charge < -0.3 is 19.5 Å². The zero-order chi connectivity index (χ0) is 25.0. The SMILES string of the molecule is CCCn1c(CN2CCN(C)CC2)nc2cc(NC(=O)COc3ccc(C(C)(C)C)cc3)ccc21. The van der Waals surface area contributed by atoms with Crippen molar-refractivity contribution in [1.82, 2.24) is 19.4 Å². The summed E-state index contributed by atoms with van der Waals surface area (Å²) in [6.45, 7) is 14.8. The van der Waals surface area contributed by atoms with Crippen LogP contribution < -0.4 is 10.1 Å². The molecule has 1 aromatic heterocycles. The molecule has 1 saturated heterocycles. The summed E-state index contributed by atoms with van der Waals surface area (Å²) < 4.78 is 8.02. The van der Waals surface area contributed by atoms with Gasteiger partial charge in [-0.1, -0.05) is 39.8 Å². The zero-order valence-corrected chi connectivity index (χ0v) is 21.8. The lowest BCUT2D eigenvalue weighted by Gasteiger charge is -2.32. The van der Waals surface area contributed by atoms with Gasteiger partial charge in [0.2, 0.25) is 0 Å². The summed E-state index contributed by atoms with van der Waals surface area (Å²) >= 11 is 0. The van der Waals surface area contributed by atoms with E-state index in [4.69, 9.17) is 9.72 Å². The van der Waals surface area contributed by atoms with Gasteiger partial charge >= 0.3 is 0 Å². The largest absolute Gasteiger partial charge is 0.484 e. The van der Waals surface area contributed by atoms with Gasteiger partial charge in [-0.15, -0.1) is 0 Å². The molecule has 7 heteroatoms. The predicted octanol–water partition coefficient (Wildman–Crippen LogP) is 4.51. The van der Waals surface area contributed by atoms with Crippen LogP contribution in [0.1, 0.15) is 45.5 Å². The van der Waals surface area contributed by atoms with E-state index in [0.717, 1.165) is 68.2 Å². The quantitative estimate of drug-likeness (QED) is 0.517. The third-order valence-electron chi connectivity index (χ3n) is 6.61. The number of nitrogens with one attached hydrogen (secondary N) is 1. The molecular formula is C28H39N5O2. The van der Waals surface area contributed by atoms with Gasteiger partial charge in [-0.25, -0.2) is 4.98 Å². The first-order chi connectivity index (χ1) is 16.7. The summed E-state index contributed by atoms with van der Waals surface area (Å²) in [5, 5.41) is 2.96. The Hall–Kier alpha value is -2.90. The highest BCUT2D eigenvalue weighted by molar-refractivity contribution is 5.94. The third kappa shape index (κ3) is 6.41. The number of piperazine rings is 1. The number of fused-ring (bicyclic) bond motifs is 1. The van der Waals surface area contributed by atoms with Crippen LogP contribution in [0.25, 0.3) is 11.0 Å². The van der Waals surface area contributed by atoms with Crippen LogP contribution in [0.15, 0.2) is 42.5 Å². The van der Waals surface area contributed by atoms with Crippen LogP contribution in [0.5, 0.6) is 5.75 Å². The van der Waals surface area contributed by atoms with E-state index in [1.807, 2.05) is 36.4 Å². The molecular weight excluding hydrogens is 438 g/mol.